The molecule has 6 heteroatoms. The van der Waals surface area contributed by atoms with Crippen molar-refractivity contribution in [2.75, 3.05) is 20.2 Å². The van der Waals surface area contributed by atoms with Crippen LogP contribution < -0.4 is 4.74 Å². The summed E-state index contributed by atoms with van der Waals surface area (Å²) in [6, 6.07) is 9.40. The molecule has 1 aromatic heterocycles. The molecule has 0 spiro atoms. The number of aromatic amines is 1. The number of hydrogen-bond acceptors (Lipinski definition) is 4. The van der Waals surface area contributed by atoms with Crippen molar-refractivity contribution in [3.8, 4) is 17.0 Å². The summed E-state index contributed by atoms with van der Waals surface area (Å²) in [7, 11) is 1.63. The van der Waals surface area contributed by atoms with E-state index in [2.05, 4.69) is 10.2 Å². The normalized spacial score (nSPS) is 15.9. The van der Waals surface area contributed by atoms with Gasteiger partial charge in [-0.1, -0.05) is 12.1 Å². The summed E-state index contributed by atoms with van der Waals surface area (Å²) in [6.45, 7) is 5.12. The third-order valence-corrected chi connectivity index (χ3v) is 4.86. The zero-order valence-corrected chi connectivity index (χ0v) is 15.7. The van der Waals surface area contributed by atoms with Crippen molar-refractivity contribution < 1.29 is 14.6 Å². The van der Waals surface area contributed by atoms with E-state index >= 15 is 0 Å². The maximum absolute atomic E-state index is 12.7. The van der Waals surface area contributed by atoms with Crippen LogP contribution >= 0.6 is 0 Å². The van der Waals surface area contributed by atoms with Crippen molar-refractivity contribution in [3.05, 3.63) is 36.0 Å². The van der Waals surface area contributed by atoms with E-state index in [9.17, 15) is 9.90 Å². The van der Waals surface area contributed by atoms with E-state index in [0.717, 1.165) is 36.3 Å². The highest BCUT2D eigenvalue weighted by Crippen LogP contribution is 2.27. The lowest BCUT2D eigenvalue weighted by Gasteiger charge is -2.34. The van der Waals surface area contributed by atoms with E-state index in [0.29, 0.717) is 24.7 Å². The maximum atomic E-state index is 12.7. The first kappa shape index (κ1) is 18.5. The maximum Gasteiger partial charge on any atom is 0.271 e. The Morgan fingerprint density at radius 1 is 1.35 bits per heavy atom. The van der Waals surface area contributed by atoms with Gasteiger partial charge in [0, 0.05) is 18.7 Å². The van der Waals surface area contributed by atoms with Gasteiger partial charge in [0.2, 0.25) is 0 Å². The summed E-state index contributed by atoms with van der Waals surface area (Å²) < 4.78 is 5.24. The molecular formula is C20H27N3O3. The topological polar surface area (TPSA) is 78.5 Å². The summed E-state index contributed by atoms with van der Waals surface area (Å²) in [5, 5.41) is 17.1. The Morgan fingerprint density at radius 3 is 2.73 bits per heavy atom. The molecule has 26 heavy (non-hydrogen) atoms. The van der Waals surface area contributed by atoms with Crippen molar-refractivity contribution >= 4 is 5.91 Å². The Kier molecular flexibility index (Phi) is 5.32. The summed E-state index contributed by atoms with van der Waals surface area (Å²) in [6.07, 6.45) is 2.62. The SMILES string of the molecule is COc1cccc(-c2cc(C(=O)N3CCC(CC(C)(C)O)CC3)[nH]n2)c1. The van der Waals surface area contributed by atoms with Crippen molar-refractivity contribution in [2.45, 2.75) is 38.7 Å². The lowest BCUT2D eigenvalue weighted by Crippen LogP contribution is -2.40. The van der Waals surface area contributed by atoms with Gasteiger partial charge in [0.1, 0.15) is 11.4 Å². The highest BCUT2D eigenvalue weighted by Gasteiger charge is 2.28. The van der Waals surface area contributed by atoms with E-state index in [1.807, 2.05) is 43.0 Å². The predicted molar refractivity (Wildman–Crippen MR) is 100 cm³/mol. The molecule has 0 bridgehead atoms. The van der Waals surface area contributed by atoms with Crippen LogP contribution in [0.15, 0.2) is 30.3 Å². The van der Waals surface area contributed by atoms with Gasteiger partial charge in [0.25, 0.3) is 5.91 Å². The standard InChI is InChI=1S/C20H27N3O3/c1-20(2,25)13-14-7-9-23(10-8-14)19(24)18-12-17(21-22-18)15-5-4-6-16(11-15)26-3/h4-6,11-12,14,25H,7-10,13H2,1-3H3,(H,21,22). The molecule has 1 aromatic carbocycles. The second-order valence-corrected chi connectivity index (χ2v) is 7.65. The Balaban J connectivity index is 1.64. The molecular weight excluding hydrogens is 330 g/mol. The van der Waals surface area contributed by atoms with Crippen molar-refractivity contribution in [1.82, 2.24) is 15.1 Å². The van der Waals surface area contributed by atoms with Crippen molar-refractivity contribution in [3.63, 3.8) is 0 Å². The molecule has 0 atom stereocenters. The van der Waals surface area contributed by atoms with E-state index in [4.69, 9.17) is 4.74 Å². The summed E-state index contributed by atoms with van der Waals surface area (Å²) in [4.78, 5) is 14.6. The monoisotopic (exact) mass is 357 g/mol. The zero-order chi connectivity index (χ0) is 18.7. The zero-order valence-electron chi connectivity index (χ0n) is 15.7. The lowest BCUT2D eigenvalue weighted by molar-refractivity contribution is 0.0357. The fraction of sp³-hybridized carbons (Fsp3) is 0.500. The molecule has 0 aliphatic carbocycles. The number of ether oxygens (including phenoxy) is 1. The molecule has 1 amide bonds. The molecule has 2 N–H and O–H groups in total. The molecule has 1 aliphatic heterocycles. The van der Waals surface area contributed by atoms with Gasteiger partial charge in [-0.25, -0.2) is 0 Å². The van der Waals surface area contributed by atoms with Gasteiger partial charge in [0.05, 0.1) is 18.4 Å². The van der Waals surface area contributed by atoms with Gasteiger partial charge in [-0.05, 0) is 57.2 Å². The number of amides is 1. The summed E-state index contributed by atoms with van der Waals surface area (Å²) in [5.41, 5.74) is 1.49. The minimum Gasteiger partial charge on any atom is -0.497 e. The van der Waals surface area contributed by atoms with Gasteiger partial charge in [0.15, 0.2) is 0 Å². The number of hydrogen-bond donors (Lipinski definition) is 2. The lowest BCUT2D eigenvalue weighted by atomic mass is 9.86. The predicted octanol–water partition coefficient (Wildman–Crippen LogP) is 3.10. The smallest absolute Gasteiger partial charge is 0.271 e. The van der Waals surface area contributed by atoms with Crippen LogP contribution in [-0.4, -0.2) is 51.9 Å². The quantitative estimate of drug-likeness (QED) is 0.862. The molecule has 0 radical (unpaired) electrons. The molecule has 6 nitrogen and oxygen atoms in total. The Labute approximate surface area is 154 Å². The van der Waals surface area contributed by atoms with Gasteiger partial charge < -0.3 is 14.7 Å². The molecule has 140 valence electrons. The number of aliphatic hydroxyl groups is 1. The average molecular weight is 357 g/mol. The van der Waals surface area contributed by atoms with Crippen LogP contribution in [-0.2, 0) is 0 Å². The van der Waals surface area contributed by atoms with Crippen LogP contribution in [0.3, 0.4) is 0 Å². The molecule has 0 saturated carbocycles. The van der Waals surface area contributed by atoms with Crippen molar-refractivity contribution in [1.29, 1.82) is 0 Å². The van der Waals surface area contributed by atoms with Gasteiger partial charge in [-0.3, -0.25) is 9.89 Å². The van der Waals surface area contributed by atoms with Crippen LogP contribution in [0.4, 0.5) is 0 Å². The van der Waals surface area contributed by atoms with Crippen molar-refractivity contribution in [2.24, 2.45) is 5.92 Å². The molecule has 0 unspecified atom stereocenters. The number of carbonyl (C=O) groups excluding carboxylic acids is 1. The van der Waals surface area contributed by atoms with Crippen LogP contribution in [0, 0.1) is 5.92 Å². The second kappa shape index (κ2) is 7.50. The molecule has 3 rings (SSSR count). The number of rotatable bonds is 5. The van der Waals surface area contributed by atoms with Crippen LogP contribution in [0.25, 0.3) is 11.3 Å². The van der Waals surface area contributed by atoms with Gasteiger partial charge in [-0.2, -0.15) is 5.10 Å². The summed E-state index contributed by atoms with van der Waals surface area (Å²) >= 11 is 0. The number of aromatic nitrogens is 2. The molecule has 1 fully saturated rings. The molecule has 2 aromatic rings. The highest BCUT2D eigenvalue weighted by atomic mass is 16.5. The van der Waals surface area contributed by atoms with Crippen LogP contribution in [0.1, 0.15) is 43.6 Å². The molecule has 1 aliphatic rings. The third kappa shape index (κ3) is 4.43. The first-order chi connectivity index (χ1) is 12.4. The number of piperidine rings is 1. The largest absolute Gasteiger partial charge is 0.497 e. The average Bonchev–Trinajstić information content (AvgIpc) is 3.10. The third-order valence-electron chi connectivity index (χ3n) is 4.86. The number of benzene rings is 1. The Bertz CT molecular complexity index is 756. The number of likely N-dealkylation sites (tertiary alicyclic amines) is 1. The van der Waals surface area contributed by atoms with E-state index in [1.165, 1.54) is 0 Å². The highest BCUT2D eigenvalue weighted by molar-refractivity contribution is 5.93. The molecule has 1 saturated heterocycles. The minimum absolute atomic E-state index is 0.0200. The number of carbonyl (C=O) groups is 1. The van der Waals surface area contributed by atoms with E-state index < -0.39 is 5.60 Å². The van der Waals surface area contributed by atoms with E-state index in [1.54, 1.807) is 13.2 Å². The van der Waals surface area contributed by atoms with Gasteiger partial charge in [-0.15, -0.1) is 0 Å². The Hall–Kier alpha value is -2.34. The van der Waals surface area contributed by atoms with Crippen LogP contribution in [0.2, 0.25) is 0 Å². The summed E-state index contributed by atoms with van der Waals surface area (Å²) in [5.74, 6) is 1.20. The number of nitrogens with zero attached hydrogens (tertiary/aromatic N) is 2. The Morgan fingerprint density at radius 2 is 2.08 bits per heavy atom. The van der Waals surface area contributed by atoms with E-state index in [-0.39, 0.29) is 5.91 Å². The second-order valence-electron chi connectivity index (χ2n) is 7.65. The molecule has 2 heterocycles. The number of nitrogens with one attached hydrogen (secondary N) is 1. The first-order valence-electron chi connectivity index (χ1n) is 9.07. The minimum atomic E-state index is -0.647. The fourth-order valence-electron chi connectivity index (χ4n) is 3.58. The number of H-pyrrole nitrogens is 1. The van der Waals surface area contributed by atoms with Crippen LogP contribution in [0.5, 0.6) is 5.75 Å². The first-order valence-corrected chi connectivity index (χ1v) is 9.07. The number of methoxy groups -OCH3 is 1. The van der Waals surface area contributed by atoms with Gasteiger partial charge >= 0.3 is 0 Å². The fourth-order valence-corrected chi connectivity index (χ4v) is 3.58.